The smallest absolute Gasteiger partial charge is 0.422 e. The molecule has 0 spiro atoms. The monoisotopic (exact) mass is 435 g/mol. The van der Waals surface area contributed by atoms with Gasteiger partial charge in [-0.05, 0) is 49.2 Å². The molecule has 0 radical (unpaired) electrons. The fourth-order valence-electron chi connectivity index (χ4n) is 3.70. The lowest BCUT2D eigenvalue weighted by atomic mass is 9.97. The summed E-state index contributed by atoms with van der Waals surface area (Å²) in [7, 11) is 0. The molecule has 1 fully saturated rings. The third kappa shape index (κ3) is 5.81. The zero-order valence-electron chi connectivity index (χ0n) is 16.6. The van der Waals surface area contributed by atoms with Crippen LogP contribution in [0.15, 0.2) is 53.1 Å². The zero-order chi connectivity index (χ0) is 21.8. The Balaban J connectivity index is 1.39. The fourth-order valence-corrected chi connectivity index (χ4v) is 3.70. The quantitative estimate of drug-likeness (QED) is 0.499. The van der Waals surface area contributed by atoms with Gasteiger partial charge >= 0.3 is 6.18 Å². The maximum Gasteiger partial charge on any atom is 0.422 e. The van der Waals surface area contributed by atoms with Crippen molar-refractivity contribution < 1.29 is 26.8 Å². The summed E-state index contributed by atoms with van der Waals surface area (Å²) in [6.07, 6.45) is -2.56. The fraction of sp³-hybridized carbons (Fsp3) is 0.364. The van der Waals surface area contributed by atoms with Crippen LogP contribution in [0.5, 0.6) is 5.75 Å². The van der Waals surface area contributed by atoms with E-state index in [0.717, 1.165) is 24.9 Å². The van der Waals surface area contributed by atoms with Crippen molar-refractivity contribution in [3.8, 4) is 17.1 Å². The molecule has 3 aromatic rings. The Morgan fingerprint density at radius 1 is 1.13 bits per heavy atom. The second-order valence-electron chi connectivity index (χ2n) is 7.59. The third-order valence-electron chi connectivity index (χ3n) is 5.09. The maximum atomic E-state index is 13.5. The number of likely N-dealkylation sites (tertiary alicyclic amines) is 1. The zero-order valence-corrected chi connectivity index (χ0v) is 16.6. The number of alkyl halides is 3. The number of hydrogen-bond acceptors (Lipinski definition) is 5. The van der Waals surface area contributed by atoms with Gasteiger partial charge in [0.1, 0.15) is 11.6 Å². The van der Waals surface area contributed by atoms with Gasteiger partial charge in [-0.25, -0.2) is 4.39 Å². The van der Waals surface area contributed by atoms with E-state index in [0.29, 0.717) is 30.4 Å². The van der Waals surface area contributed by atoms with Crippen molar-refractivity contribution >= 4 is 0 Å². The first-order chi connectivity index (χ1) is 14.9. The minimum Gasteiger partial charge on any atom is -0.484 e. The van der Waals surface area contributed by atoms with Crippen LogP contribution in [0, 0.1) is 5.82 Å². The average Bonchev–Trinajstić information content (AvgIpc) is 3.23. The Morgan fingerprint density at radius 3 is 2.77 bits per heavy atom. The summed E-state index contributed by atoms with van der Waals surface area (Å²) in [4.78, 5) is 6.65. The Hall–Kier alpha value is -2.94. The Morgan fingerprint density at radius 2 is 1.97 bits per heavy atom. The van der Waals surface area contributed by atoms with Gasteiger partial charge in [0.25, 0.3) is 0 Å². The Kier molecular flexibility index (Phi) is 6.22. The first-order valence-electron chi connectivity index (χ1n) is 9.96. The SMILES string of the molecule is Fc1cccc(-c2noc(C3CCCN(Cc4cccc(OCC(F)(F)F)c4)C3)n2)c1. The maximum absolute atomic E-state index is 13.5. The molecule has 1 aliphatic rings. The van der Waals surface area contributed by atoms with Gasteiger partial charge in [-0.3, -0.25) is 4.90 Å². The highest BCUT2D eigenvalue weighted by Gasteiger charge is 2.29. The van der Waals surface area contributed by atoms with Crippen molar-refractivity contribution in [3.05, 3.63) is 65.8 Å². The predicted octanol–water partition coefficient (Wildman–Crippen LogP) is 5.20. The van der Waals surface area contributed by atoms with E-state index in [1.54, 1.807) is 24.3 Å². The number of halogens is 4. The summed E-state index contributed by atoms with van der Waals surface area (Å²) in [6.45, 7) is 0.797. The molecule has 1 aliphatic heterocycles. The van der Waals surface area contributed by atoms with Gasteiger partial charge in [0.15, 0.2) is 6.61 Å². The summed E-state index contributed by atoms with van der Waals surface area (Å²) in [5, 5.41) is 3.98. The lowest BCUT2D eigenvalue weighted by Gasteiger charge is -2.31. The van der Waals surface area contributed by atoms with Crippen LogP contribution in [0.25, 0.3) is 11.4 Å². The average molecular weight is 435 g/mol. The van der Waals surface area contributed by atoms with Crippen LogP contribution in [-0.4, -0.2) is 40.9 Å². The second kappa shape index (κ2) is 9.05. The molecular weight excluding hydrogens is 414 g/mol. The minimum atomic E-state index is -4.37. The number of piperidine rings is 1. The number of benzene rings is 2. The molecule has 31 heavy (non-hydrogen) atoms. The van der Waals surface area contributed by atoms with Crippen molar-refractivity contribution in [3.63, 3.8) is 0 Å². The van der Waals surface area contributed by atoms with E-state index >= 15 is 0 Å². The van der Waals surface area contributed by atoms with E-state index in [1.165, 1.54) is 18.2 Å². The molecule has 5 nitrogen and oxygen atoms in total. The summed E-state index contributed by atoms with van der Waals surface area (Å²) in [5.41, 5.74) is 1.42. The lowest BCUT2D eigenvalue weighted by molar-refractivity contribution is -0.153. The number of nitrogens with zero attached hydrogens (tertiary/aromatic N) is 3. The van der Waals surface area contributed by atoms with Gasteiger partial charge in [-0.2, -0.15) is 18.2 Å². The second-order valence-corrected chi connectivity index (χ2v) is 7.59. The van der Waals surface area contributed by atoms with E-state index < -0.39 is 12.8 Å². The lowest BCUT2D eigenvalue weighted by Crippen LogP contribution is -2.34. The van der Waals surface area contributed by atoms with Crippen LogP contribution < -0.4 is 4.74 Å². The van der Waals surface area contributed by atoms with Crippen molar-refractivity contribution in [2.24, 2.45) is 0 Å². The Labute approximate surface area is 176 Å². The number of rotatable bonds is 6. The molecule has 2 aromatic carbocycles. The molecule has 4 rings (SSSR count). The van der Waals surface area contributed by atoms with Crippen LogP contribution in [0.2, 0.25) is 0 Å². The summed E-state index contributed by atoms with van der Waals surface area (Å²) < 4.78 is 60.9. The standard InChI is InChI=1S/C22H21F4N3O2/c23-18-7-2-5-16(11-18)20-27-21(31-28-20)17-6-3-9-29(13-17)12-15-4-1-8-19(10-15)30-14-22(24,25)26/h1-2,4-5,7-8,10-11,17H,3,6,9,12-14H2. The number of hydrogen-bond donors (Lipinski definition) is 0. The van der Waals surface area contributed by atoms with Crippen LogP contribution in [0.4, 0.5) is 17.6 Å². The van der Waals surface area contributed by atoms with Crippen molar-refractivity contribution in [1.29, 1.82) is 0 Å². The topological polar surface area (TPSA) is 51.4 Å². The van der Waals surface area contributed by atoms with Gasteiger partial charge in [0.05, 0.1) is 5.92 Å². The van der Waals surface area contributed by atoms with Crippen molar-refractivity contribution in [2.45, 2.75) is 31.5 Å². The van der Waals surface area contributed by atoms with E-state index in [2.05, 4.69) is 15.0 Å². The highest BCUT2D eigenvalue weighted by molar-refractivity contribution is 5.53. The van der Waals surface area contributed by atoms with E-state index in [9.17, 15) is 17.6 Å². The van der Waals surface area contributed by atoms with Gasteiger partial charge in [0.2, 0.25) is 11.7 Å². The normalized spacial score (nSPS) is 17.6. The van der Waals surface area contributed by atoms with Gasteiger partial charge in [-0.1, -0.05) is 29.4 Å². The molecule has 0 saturated carbocycles. The first-order valence-corrected chi connectivity index (χ1v) is 9.96. The molecule has 164 valence electrons. The molecule has 0 amide bonds. The molecule has 1 aromatic heterocycles. The molecule has 1 saturated heterocycles. The first kappa shape index (κ1) is 21.3. The molecule has 2 heterocycles. The molecule has 0 bridgehead atoms. The summed E-state index contributed by atoms with van der Waals surface area (Å²) in [5.74, 6) is 0.717. The van der Waals surface area contributed by atoms with Crippen molar-refractivity contribution in [1.82, 2.24) is 15.0 Å². The van der Waals surface area contributed by atoms with Crippen LogP contribution in [0.1, 0.15) is 30.2 Å². The van der Waals surface area contributed by atoms with Gasteiger partial charge < -0.3 is 9.26 Å². The minimum absolute atomic E-state index is 0.0354. The van der Waals surface area contributed by atoms with Crippen molar-refractivity contribution in [2.75, 3.05) is 19.7 Å². The highest BCUT2D eigenvalue weighted by Crippen LogP contribution is 2.29. The Bertz CT molecular complexity index is 1020. The largest absolute Gasteiger partial charge is 0.484 e. The highest BCUT2D eigenvalue weighted by atomic mass is 19.4. The molecule has 0 aliphatic carbocycles. The van der Waals surface area contributed by atoms with Crippen LogP contribution in [0.3, 0.4) is 0 Å². The van der Waals surface area contributed by atoms with E-state index in [4.69, 9.17) is 9.26 Å². The van der Waals surface area contributed by atoms with E-state index in [-0.39, 0.29) is 17.5 Å². The van der Waals surface area contributed by atoms with Gasteiger partial charge in [0, 0.05) is 18.7 Å². The van der Waals surface area contributed by atoms with Crippen LogP contribution in [-0.2, 0) is 6.54 Å². The summed E-state index contributed by atoms with van der Waals surface area (Å²) in [6, 6.07) is 12.7. The molecule has 1 atom stereocenters. The predicted molar refractivity (Wildman–Crippen MR) is 105 cm³/mol. The number of ether oxygens (including phenoxy) is 1. The number of aromatic nitrogens is 2. The van der Waals surface area contributed by atoms with Crippen LogP contribution >= 0.6 is 0 Å². The van der Waals surface area contributed by atoms with Gasteiger partial charge in [-0.15, -0.1) is 0 Å². The third-order valence-corrected chi connectivity index (χ3v) is 5.09. The molecular formula is C22H21F4N3O2. The molecule has 9 heteroatoms. The summed E-state index contributed by atoms with van der Waals surface area (Å²) >= 11 is 0. The molecule has 0 N–H and O–H groups in total. The molecule has 1 unspecified atom stereocenters. The van der Waals surface area contributed by atoms with E-state index in [1.807, 2.05) is 6.07 Å².